The van der Waals surface area contributed by atoms with Crippen LogP contribution in [0.2, 0.25) is 0 Å². The lowest BCUT2D eigenvalue weighted by Gasteiger charge is -2.29. The molecule has 10 heteroatoms. The predicted octanol–water partition coefficient (Wildman–Crippen LogP) is 3.44. The average molecular weight is 516 g/mol. The Hall–Kier alpha value is -2.43. The zero-order chi connectivity index (χ0) is 27.4. The monoisotopic (exact) mass is 515 g/mol. The van der Waals surface area contributed by atoms with E-state index in [1.807, 2.05) is 0 Å². The Bertz CT molecular complexity index is 640. The van der Waals surface area contributed by atoms with Crippen LogP contribution >= 0.6 is 0 Å². The summed E-state index contributed by atoms with van der Waals surface area (Å²) in [6.07, 6.45) is 3.86. The van der Waals surface area contributed by atoms with E-state index in [9.17, 15) is 14.4 Å². The fourth-order valence-corrected chi connectivity index (χ4v) is 2.25. The highest BCUT2D eigenvalue weighted by atomic mass is 16.6. The van der Waals surface area contributed by atoms with E-state index in [0.29, 0.717) is 24.5 Å². The number of alkyl carbamates (subject to hydrolysis) is 1. The Morgan fingerprint density at radius 1 is 0.944 bits per heavy atom. The number of hydrogen-bond donors (Lipinski definition) is 1. The van der Waals surface area contributed by atoms with Crippen molar-refractivity contribution in [1.82, 2.24) is 5.32 Å². The van der Waals surface area contributed by atoms with Crippen LogP contribution in [0.5, 0.6) is 0 Å². The van der Waals surface area contributed by atoms with Gasteiger partial charge >= 0.3 is 18.0 Å². The Morgan fingerprint density at radius 3 is 1.89 bits per heavy atom. The number of rotatable bonds is 18. The van der Waals surface area contributed by atoms with E-state index in [0.717, 1.165) is 38.4 Å². The number of carbonyl (C=O) groups is 3. The maximum absolute atomic E-state index is 11.9. The van der Waals surface area contributed by atoms with Crippen molar-refractivity contribution >= 4 is 18.0 Å². The van der Waals surface area contributed by atoms with Gasteiger partial charge in [0.05, 0.1) is 19.8 Å². The molecule has 0 aromatic heterocycles. The molecule has 1 aliphatic rings. The van der Waals surface area contributed by atoms with E-state index >= 15 is 0 Å². The topological polar surface area (TPSA) is 122 Å². The van der Waals surface area contributed by atoms with Gasteiger partial charge in [-0.3, -0.25) is 0 Å². The molecule has 0 bridgehead atoms. The zero-order valence-corrected chi connectivity index (χ0v) is 22.5. The number of esters is 2. The Kier molecular flexibility index (Phi) is 18.4. The van der Waals surface area contributed by atoms with E-state index in [1.165, 1.54) is 6.42 Å². The molecule has 3 atom stereocenters. The third kappa shape index (κ3) is 18.8. The van der Waals surface area contributed by atoms with E-state index in [2.05, 4.69) is 46.2 Å². The maximum atomic E-state index is 11.9. The van der Waals surface area contributed by atoms with Gasteiger partial charge in [0, 0.05) is 25.4 Å². The average Bonchev–Trinajstić information content (AvgIpc) is 3.70. The second-order valence-electron chi connectivity index (χ2n) is 9.04. The number of ether oxygens (including phenoxy) is 6. The van der Waals surface area contributed by atoms with Crippen LogP contribution in [0.4, 0.5) is 4.79 Å². The third-order valence-electron chi connectivity index (χ3n) is 5.17. The summed E-state index contributed by atoms with van der Waals surface area (Å²) >= 11 is 0. The molecule has 208 valence electrons. The molecule has 1 heterocycles. The number of carbonyl (C=O) groups excluding carboxylic acids is 3. The summed E-state index contributed by atoms with van der Waals surface area (Å²) < 4.78 is 30.7. The highest BCUT2D eigenvalue weighted by Gasteiger charge is 2.31. The van der Waals surface area contributed by atoms with Crippen molar-refractivity contribution < 1.29 is 42.8 Å². The lowest BCUT2D eigenvalue weighted by atomic mass is 10.1. The molecule has 0 aromatic rings. The highest BCUT2D eigenvalue weighted by Crippen LogP contribution is 2.10. The molecule has 1 N–H and O–H groups in total. The van der Waals surface area contributed by atoms with Crippen LogP contribution in [0.1, 0.15) is 47.5 Å². The molecule has 1 amide bonds. The van der Waals surface area contributed by atoms with Gasteiger partial charge < -0.3 is 33.7 Å². The smallest absolute Gasteiger partial charge is 0.407 e. The molecule has 1 fully saturated rings. The van der Waals surface area contributed by atoms with Crippen LogP contribution in [-0.2, 0) is 38.0 Å². The molecule has 36 heavy (non-hydrogen) atoms. The van der Waals surface area contributed by atoms with Gasteiger partial charge in [-0.15, -0.1) is 0 Å². The minimum absolute atomic E-state index is 0.0667. The predicted molar refractivity (Wildman–Crippen MR) is 135 cm³/mol. The normalized spacial score (nSPS) is 15.9. The van der Waals surface area contributed by atoms with Crippen LogP contribution in [-0.4, -0.2) is 82.5 Å². The minimum atomic E-state index is -1.17. The molecule has 1 saturated heterocycles. The Morgan fingerprint density at radius 2 is 1.44 bits per heavy atom. The first-order valence-electron chi connectivity index (χ1n) is 12.4. The van der Waals surface area contributed by atoms with E-state index < -0.39 is 23.6 Å². The fraction of sp³-hybridized carbons (Fsp3) is 0.731. The van der Waals surface area contributed by atoms with Crippen LogP contribution in [0.3, 0.4) is 0 Å². The molecule has 0 aromatic carbocycles. The van der Waals surface area contributed by atoms with Crippen molar-refractivity contribution in [2.75, 3.05) is 52.9 Å². The van der Waals surface area contributed by atoms with Crippen molar-refractivity contribution in [3.8, 4) is 0 Å². The fourth-order valence-electron chi connectivity index (χ4n) is 2.25. The molecule has 1 rings (SSSR count). The molecular formula is C26H45NO9. The Labute approximate surface area is 215 Å². The quantitative estimate of drug-likeness (QED) is 0.0961. The largest absolute Gasteiger partial charge is 0.460 e. The Balaban J connectivity index is 0.00000101. The summed E-state index contributed by atoms with van der Waals surface area (Å²) in [5.74, 6) is -0.204. The van der Waals surface area contributed by atoms with Crippen molar-refractivity contribution in [3.05, 3.63) is 25.3 Å². The van der Waals surface area contributed by atoms with Gasteiger partial charge in [-0.1, -0.05) is 53.7 Å². The first-order chi connectivity index (χ1) is 17.1. The van der Waals surface area contributed by atoms with Crippen LogP contribution < -0.4 is 5.32 Å². The van der Waals surface area contributed by atoms with Gasteiger partial charge in [-0.05, 0) is 18.8 Å². The van der Waals surface area contributed by atoms with Crippen molar-refractivity contribution in [3.63, 3.8) is 0 Å². The van der Waals surface area contributed by atoms with Gasteiger partial charge in [0.15, 0.2) is 0 Å². The van der Waals surface area contributed by atoms with Gasteiger partial charge in [0.1, 0.15) is 31.5 Å². The zero-order valence-electron chi connectivity index (χ0n) is 22.5. The second kappa shape index (κ2) is 19.7. The maximum Gasteiger partial charge on any atom is 0.407 e. The molecule has 0 spiro atoms. The standard InChI is InChI=1S/C18H29NO7.C8H16O2/c1-6-14(4)11-23-9-10-24-17(22)19-18(5,12-25-15(20)7-2)13-26-16(21)8-3;1-3-7(2)4-9-5-8-6-10-8/h7-8,14H,2-3,6,9-13H2,1,4-5H3,(H,19,22);7-8H,3-6H2,1-2H3. The number of hydrogen-bond acceptors (Lipinski definition) is 9. The number of amides is 1. The van der Waals surface area contributed by atoms with Gasteiger partial charge in [-0.2, -0.15) is 0 Å². The summed E-state index contributed by atoms with van der Waals surface area (Å²) in [7, 11) is 0. The van der Waals surface area contributed by atoms with E-state index in [4.69, 9.17) is 28.4 Å². The van der Waals surface area contributed by atoms with E-state index in [1.54, 1.807) is 6.92 Å². The van der Waals surface area contributed by atoms with Crippen LogP contribution in [0, 0.1) is 11.8 Å². The summed E-state index contributed by atoms with van der Waals surface area (Å²) in [4.78, 5) is 34.4. The van der Waals surface area contributed by atoms with Crippen LogP contribution in [0.25, 0.3) is 0 Å². The third-order valence-corrected chi connectivity index (χ3v) is 5.17. The summed E-state index contributed by atoms with van der Waals surface area (Å²) in [6, 6.07) is 0. The molecule has 3 unspecified atom stereocenters. The van der Waals surface area contributed by atoms with Crippen molar-refractivity contribution in [1.29, 1.82) is 0 Å². The van der Waals surface area contributed by atoms with Crippen LogP contribution in [0.15, 0.2) is 25.3 Å². The SMILES string of the molecule is C=CC(=O)OCC(C)(COC(=O)C=C)NC(=O)OCCOCC(C)CC.CCC(C)COCC1CO1. The molecule has 10 nitrogen and oxygen atoms in total. The molecule has 0 aliphatic carbocycles. The summed E-state index contributed by atoms with van der Waals surface area (Å²) in [5, 5.41) is 2.52. The summed E-state index contributed by atoms with van der Waals surface area (Å²) in [5.41, 5.74) is -1.17. The highest BCUT2D eigenvalue weighted by molar-refractivity contribution is 5.82. The van der Waals surface area contributed by atoms with Crippen molar-refractivity contribution in [2.24, 2.45) is 11.8 Å². The molecule has 1 aliphatic heterocycles. The van der Waals surface area contributed by atoms with E-state index in [-0.39, 0.29) is 26.4 Å². The summed E-state index contributed by atoms with van der Waals surface area (Å²) in [6.45, 7) is 19.7. The van der Waals surface area contributed by atoms with Gasteiger partial charge in [0.25, 0.3) is 0 Å². The number of nitrogens with one attached hydrogen (secondary N) is 1. The van der Waals surface area contributed by atoms with Crippen molar-refractivity contribution in [2.45, 2.75) is 59.1 Å². The second-order valence-corrected chi connectivity index (χ2v) is 9.04. The first-order valence-corrected chi connectivity index (χ1v) is 12.4. The molecule has 0 saturated carbocycles. The first kappa shape index (κ1) is 33.6. The molecule has 0 radical (unpaired) electrons. The lowest BCUT2D eigenvalue weighted by Crippen LogP contribution is -2.53. The van der Waals surface area contributed by atoms with Gasteiger partial charge in [-0.25, -0.2) is 14.4 Å². The lowest BCUT2D eigenvalue weighted by molar-refractivity contribution is -0.144. The minimum Gasteiger partial charge on any atom is -0.460 e. The number of epoxide rings is 1. The van der Waals surface area contributed by atoms with Gasteiger partial charge in [0.2, 0.25) is 0 Å². The molecular weight excluding hydrogens is 470 g/mol.